The Bertz CT molecular complexity index is 480. The van der Waals surface area contributed by atoms with E-state index in [2.05, 4.69) is 24.6 Å². The van der Waals surface area contributed by atoms with Crippen LogP contribution in [0.3, 0.4) is 0 Å². The van der Waals surface area contributed by atoms with E-state index in [1.807, 2.05) is 26.0 Å². The van der Waals surface area contributed by atoms with Crippen LogP contribution in [0.2, 0.25) is 24.7 Å². The highest BCUT2D eigenvalue weighted by atomic mass is 35.5. The zero-order valence-electron chi connectivity index (χ0n) is 13.4. The maximum atomic E-state index is 13.2. The molecule has 1 rings (SSSR count). The number of hydrogen-bond acceptors (Lipinski definition) is 4. The molecule has 0 heterocycles. The number of hydrogen-bond donors (Lipinski definition) is 1. The van der Waals surface area contributed by atoms with Crippen molar-refractivity contribution < 1.29 is 13.6 Å². The third-order valence-electron chi connectivity index (χ3n) is 2.69. The molecule has 21 heavy (non-hydrogen) atoms. The maximum absolute atomic E-state index is 13.2. The lowest BCUT2D eigenvalue weighted by Crippen LogP contribution is -2.44. The monoisotopic (exact) mass is 349 g/mol. The average molecular weight is 350 g/mol. The Morgan fingerprint density at radius 3 is 2.00 bits per heavy atom. The summed E-state index contributed by atoms with van der Waals surface area (Å²) in [7, 11) is -4.98. The summed E-state index contributed by atoms with van der Waals surface area (Å²) in [6.45, 7) is 10.8. The quantitative estimate of drug-likeness (QED) is 0.528. The molecule has 1 aromatic carbocycles. The van der Waals surface area contributed by atoms with E-state index in [0.29, 0.717) is 18.2 Å². The second-order valence-electron chi connectivity index (χ2n) is 5.72. The van der Waals surface area contributed by atoms with Gasteiger partial charge in [-0.25, -0.2) is 0 Å². The SMILES string of the molecule is CCOP(=O)(OCC)C(N[Si](C)(C)C)c1ccc(Cl)cc1. The first-order chi connectivity index (χ1) is 9.72. The second kappa shape index (κ2) is 7.91. The van der Waals surface area contributed by atoms with Crippen LogP contribution in [0.25, 0.3) is 0 Å². The Labute approximate surface area is 133 Å². The smallest absolute Gasteiger partial charge is 0.321 e. The van der Waals surface area contributed by atoms with Gasteiger partial charge in [0, 0.05) is 5.02 Å². The van der Waals surface area contributed by atoms with Crippen molar-refractivity contribution in [1.29, 1.82) is 0 Å². The summed E-state index contributed by atoms with van der Waals surface area (Å²) in [4.78, 5) is 3.48. The normalized spacial score (nSPS) is 14.2. The molecule has 1 aromatic rings. The first-order valence-corrected chi connectivity index (χ1v) is 12.6. The fourth-order valence-corrected chi connectivity index (χ4v) is 6.48. The lowest BCUT2D eigenvalue weighted by molar-refractivity contribution is 0.210. The first kappa shape index (κ1) is 18.9. The van der Waals surface area contributed by atoms with E-state index in [0.717, 1.165) is 5.56 Å². The van der Waals surface area contributed by atoms with Gasteiger partial charge in [-0.2, -0.15) is 0 Å². The Morgan fingerprint density at radius 1 is 1.14 bits per heavy atom. The van der Waals surface area contributed by atoms with Gasteiger partial charge in [0.25, 0.3) is 0 Å². The predicted molar refractivity (Wildman–Crippen MR) is 91.5 cm³/mol. The van der Waals surface area contributed by atoms with Crippen molar-refractivity contribution in [2.45, 2.75) is 39.3 Å². The van der Waals surface area contributed by atoms with Crippen molar-refractivity contribution in [1.82, 2.24) is 4.98 Å². The second-order valence-corrected chi connectivity index (χ2v) is 13.1. The highest BCUT2D eigenvalue weighted by molar-refractivity contribution is 7.54. The van der Waals surface area contributed by atoms with Gasteiger partial charge in [-0.1, -0.05) is 43.4 Å². The minimum absolute atomic E-state index is 0.342. The van der Waals surface area contributed by atoms with Crippen LogP contribution in [0.4, 0.5) is 0 Å². The van der Waals surface area contributed by atoms with E-state index in [1.54, 1.807) is 12.1 Å². The maximum Gasteiger partial charge on any atom is 0.351 e. The van der Waals surface area contributed by atoms with E-state index < -0.39 is 21.6 Å². The summed E-state index contributed by atoms with van der Waals surface area (Å²) in [5.41, 5.74) is 0.868. The van der Waals surface area contributed by atoms with E-state index in [4.69, 9.17) is 20.6 Å². The highest BCUT2D eigenvalue weighted by Crippen LogP contribution is 2.59. The van der Waals surface area contributed by atoms with Gasteiger partial charge in [-0.15, -0.1) is 0 Å². The molecule has 4 nitrogen and oxygen atoms in total. The zero-order valence-corrected chi connectivity index (χ0v) is 16.0. The number of benzene rings is 1. The molecule has 0 bridgehead atoms. The standard InChI is InChI=1S/C14H25ClNO3PSi/c1-6-18-20(17,19-7-2)14(16-21(3,4)5)12-8-10-13(15)11-9-12/h8-11,14,16H,6-7H2,1-5H3. The first-order valence-electron chi connectivity index (χ1n) is 7.14. The van der Waals surface area contributed by atoms with Gasteiger partial charge in [0.15, 0.2) is 0 Å². The molecular formula is C14H25ClNO3PSi. The summed E-state index contributed by atoms with van der Waals surface area (Å²) in [5, 5.41) is 0.646. The van der Waals surface area contributed by atoms with Crippen LogP contribution in [0.1, 0.15) is 25.2 Å². The molecule has 1 N–H and O–H groups in total. The summed E-state index contributed by atoms with van der Waals surface area (Å²) >= 11 is 5.94. The molecule has 120 valence electrons. The minimum Gasteiger partial charge on any atom is -0.321 e. The molecule has 1 unspecified atom stereocenters. The van der Waals surface area contributed by atoms with Crippen molar-refractivity contribution in [3.8, 4) is 0 Å². The van der Waals surface area contributed by atoms with Gasteiger partial charge < -0.3 is 14.0 Å². The molecule has 0 spiro atoms. The molecule has 0 aromatic heterocycles. The Hall–Kier alpha value is -0.163. The molecular weight excluding hydrogens is 325 g/mol. The molecule has 0 saturated heterocycles. The fraction of sp³-hybridized carbons (Fsp3) is 0.571. The van der Waals surface area contributed by atoms with Gasteiger partial charge >= 0.3 is 7.60 Å². The van der Waals surface area contributed by atoms with Crippen molar-refractivity contribution in [3.05, 3.63) is 34.9 Å². The molecule has 1 atom stereocenters. The molecule has 7 heteroatoms. The topological polar surface area (TPSA) is 47.6 Å². The summed E-state index contributed by atoms with van der Waals surface area (Å²) in [6, 6.07) is 7.31. The zero-order chi connectivity index (χ0) is 16.1. The lowest BCUT2D eigenvalue weighted by Gasteiger charge is -2.32. The Balaban J connectivity index is 3.22. The summed E-state index contributed by atoms with van der Waals surface area (Å²) < 4.78 is 24.2. The van der Waals surface area contributed by atoms with Crippen LogP contribution in [0.5, 0.6) is 0 Å². The summed E-state index contributed by atoms with van der Waals surface area (Å²) in [5.74, 6) is -0.471. The molecule has 0 aliphatic heterocycles. The van der Waals surface area contributed by atoms with Crippen LogP contribution in [-0.2, 0) is 13.6 Å². The molecule has 0 fully saturated rings. The van der Waals surface area contributed by atoms with E-state index in [9.17, 15) is 4.57 Å². The highest BCUT2D eigenvalue weighted by Gasteiger charge is 2.39. The number of halogens is 1. The molecule has 0 amide bonds. The van der Waals surface area contributed by atoms with Gasteiger partial charge in [0.1, 0.15) is 14.0 Å². The van der Waals surface area contributed by atoms with E-state index in [1.165, 1.54) is 0 Å². The fourth-order valence-electron chi connectivity index (χ4n) is 1.95. The molecule has 0 saturated carbocycles. The van der Waals surface area contributed by atoms with Gasteiger partial charge in [0.2, 0.25) is 0 Å². The Kier molecular flexibility index (Phi) is 7.11. The van der Waals surface area contributed by atoms with Crippen LogP contribution in [0, 0.1) is 0 Å². The minimum atomic E-state index is -3.28. The van der Waals surface area contributed by atoms with Crippen molar-refractivity contribution in [2.24, 2.45) is 0 Å². The molecule has 0 aliphatic carbocycles. The van der Waals surface area contributed by atoms with Crippen molar-refractivity contribution in [3.63, 3.8) is 0 Å². The number of rotatable bonds is 8. The third-order valence-corrected chi connectivity index (χ3v) is 6.64. The molecule has 0 aliphatic rings. The van der Waals surface area contributed by atoms with Crippen LogP contribution >= 0.6 is 19.2 Å². The number of nitrogens with one attached hydrogen (secondary N) is 1. The third kappa shape index (κ3) is 5.85. The van der Waals surface area contributed by atoms with E-state index >= 15 is 0 Å². The van der Waals surface area contributed by atoms with Gasteiger partial charge in [-0.05, 0) is 31.5 Å². The largest absolute Gasteiger partial charge is 0.351 e. The lowest BCUT2D eigenvalue weighted by atomic mass is 10.2. The Morgan fingerprint density at radius 2 is 1.62 bits per heavy atom. The van der Waals surface area contributed by atoms with Crippen LogP contribution in [0.15, 0.2) is 24.3 Å². The van der Waals surface area contributed by atoms with E-state index in [-0.39, 0.29) is 0 Å². The van der Waals surface area contributed by atoms with Crippen molar-refractivity contribution >= 4 is 27.4 Å². The van der Waals surface area contributed by atoms with Crippen molar-refractivity contribution in [2.75, 3.05) is 13.2 Å². The van der Waals surface area contributed by atoms with Crippen LogP contribution < -0.4 is 4.98 Å². The average Bonchev–Trinajstić information content (AvgIpc) is 2.37. The predicted octanol–water partition coefficient (Wildman–Crippen LogP) is 5.03. The van der Waals surface area contributed by atoms with Crippen LogP contribution in [-0.4, -0.2) is 21.4 Å². The summed E-state index contributed by atoms with van der Waals surface area (Å²) in [6.07, 6.45) is 0. The van der Waals surface area contributed by atoms with Gasteiger partial charge in [0.05, 0.1) is 13.2 Å². The van der Waals surface area contributed by atoms with Gasteiger partial charge in [-0.3, -0.25) is 4.57 Å². The molecule has 0 radical (unpaired) electrons.